The molecule has 3 aromatic rings. The van der Waals surface area contributed by atoms with Crippen molar-refractivity contribution in [3.63, 3.8) is 0 Å². The molecule has 3 N–H and O–H groups in total. The van der Waals surface area contributed by atoms with Crippen molar-refractivity contribution < 1.29 is 0 Å². The summed E-state index contributed by atoms with van der Waals surface area (Å²) in [4.78, 5) is 7.43. The first-order valence-corrected chi connectivity index (χ1v) is 6.07. The van der Waals surface area contributed by atoms with Crippen molar-refractivity contribution in [3.8, 4) is 0 Å². The Bertz CT molecular complexity index is 656. The molecule has 0 fully saturated rings. The van der Waals surface area contributed by atoms with Crippen LogP contribution < -0.4 is 5.73 Å². The number of aromatic amines is 1. The van der Waals surface area contributed by atoms with E-state index >= 15 is 0 Å². The standard InChI is InChI=1S/C15H15N3/c16-13-3-2-12-9-14(18-15(12)10-13)4-1-11-5-7-17-8-6-11/h2-3,5-10,18H,1,4,16H2. The minimum absolute atomic E-state index is 0.796. The van der Waals surface area contributed by atoms with Gasteiger partial charge in [-0.25, -0.2) is 0 Å². The molecule has 0 bridgehead atoms. The number of nitrogens with two attached hydrogens (primary N) is 1. The summed E-state index contributed by atoms with van der Waals surface area (Å²) in [5, 5.41) is 1.22. The van der Waals surface area contributed by atoms with Crippen molar-refractivity contribution in [1.82, 2.24) is 9.97 Å². The third-order valence-corrected chi connectivity index (χ3v) is 3.13. The number of hydrogen-bond acceptors (Lipinski definition) is 2. The van der Waals surface area contributed by atoms with Crippen molar-refractivity contribution in [2.75, 3.05) is 5.73 Å². The lowest BCUT2D eigenvalue weighted by Gasteiger charge is -1.98. The molecule has 3 nitrogen and oxygen atoms in total. The number of nitrogens with one attached hydrogen (secondary N) is 1. The summed E-state index contributed by atoms with van der Waals surface area (Å²) in [6.07, 6.45) is 5.69. The first kappa shape index (κ1) is 10.8. The topological polar surface area (TPSA) is 54.7 Å². The van der Waals surface area contributed by atoms with E-state index in [9.17, 15) is 0 Å². The van der Waals surface area contributed by atoms with Gasteiger partial charge in [0.15, 0.2) is 0 Å². The number of fused-ring (bicyclic) bond motifs is 1. The summed E-state index contributed by atoms with van der Waals surface area (Å²) < 4.78 is 0. The van der Waals surface area contributed by atoms with E-state index < -0.39 is 0 Å². The lowest BCUT2D eigenvalue weighted by Crippen LogP contribution is -1.91. The Morgan fingerprint density at radius 3 is 2.67 bits per heavy atom. The van der Waals surface area contributed by atoms with Gasteiger partial charge in [0.1, 0.15) is 0 Å². The Morgan fingerprint density at radius 2 is 1.83 bits per heavy atom. The quantitative estimate of drug-likeness (QED) is 0.688. The van der Waals surface area contributed by atoms with Gasteiger partial charge in [0.2, 0.25) is 0 Å². The van der Waals surface area contributed by atoms with Crippen LogP contribution in [0.25, 0.3) is 10.9 Å². The van der Waals surface area contributed by atoms with Crippen LogP contribution in [0.4, 0.5) is 5.69 Å². The average molecular weight is 237 g/mol. The molecule has 90 valence electrons. The van der Waals surface area contributed by atoms with E-state index in [2.05, 4.69) is 34.2 Å². The summed E-state index contributed by atoms with van der Waals surface area (Å²) in [6.45, 7) is 0. The van der Waals surface area contributed by atoms with Crippen LogP contribution in [0.3, 0.4) is 0 Å². The Labute approximate surface area is 106 Å². The summed E-state index contributed by atoms with van der Waals surface area (Å²) in [5.41, 5.74) is 10.2. The normalized spacial score (nSPS) is 10.9. The second kappa shape index (κ2) is 4.53. The number of pyridine rings is 1. The van der Waals surface area contributed by atoms with Crippen LogP contribution in [0.15, 0.2) is 48.8 Å². The lowest BCUT2D eigenvalue weighted by molar-refractivity contribution is 0.926. The van der Waals surface area contributed by atoms with E-state index in [0.29, 0.717) is 0 Å². The fraction of sp³-hybridized carbons (Fsp3) is 0.133. The summed E-state index contributed by atoms with van der Waals surface area (Å²) >= 11 is 0. The van der Waals surface area contributed by atoms with E-state index in [1.807, 2.05) is 24.5 Å². The predicted molar refractivity (Wildman–Crippen MR) is 74.4 cm³/mol. The SMILES string of the molecule is Nc1ccc2cc(CCc3ccncc3)[nH]c2c1. The van der Waals surface area contributed by atoms with Crippen LogP contribution in [0.1, 0.15) is 11.3 Å². The van der Waals surface area contributed by atoms with Crippen LogP contribution in [0.5, 0.6) is 0 Å². The van der Waals surface area contributed by atoms with Gasteiger partial charge in [-0.3, -0.25) is 4.98 Å². The largest absolute Gasteiger partial charge is 0.399 e. The molecule has 0 saturated carbocycles. The maximum absolute atomic E-state index is 5.77. The summed E-state index contributed by atoms with van der Waals surface area (Å²) in [7, 11) is 0. The molecule has 0 unspecified atom stereocenters. The van der Waals surface area contributed by atoms with Gasteiger partial charge in [-0.1, -0.05) is 6.07 Å². The van der Waals surface area contributed by atoms with Crippen LogP contribution in [-0.2, 0) is 12.8 Å². The first-order valence-electron chi connectivity index (χ1n) is 6.07. The van der Waals surface area contributed by atoms with Crippen molar-refractivity contribution >= 4 is 16.6 Å². The highest BCUT2D eigenvalue weighted by atomic mass is 14.7. The van der Waals surface area contributed by atoms with Crippen molar-refractivity contribution in [2.45, 2.75) is 12.8 Å². The monoisotopic (exact) mass is 237 g/mol. The van der Waals surface area contributed by atoms with Crippen molar-refractivity contribution in [3.05, 3.63) is 60.0 Å². The second-order valence-corrected chi connectivity index (χ2v) is 4.50. The Morgan fingerprint density at radius 1 is 1.00 bits per heavy atom. The van der Waals surface area contributed by atoms with Gasteiger partial charge in [-0.15, -0.1) is 0 Å². The van der Waals surface area contributed by atoms with Gasteiger partial charge < -0.3 is 10.7 Å². The minimum atomic E-state index is 0.796. The molecule has 0 aliphatic carbocycles. The Balaban J connectivity index is 1.79. The molecule has 0 aliphatic rings. The number of benzene rings is 1. The van der Waals surface area contributed by atoms with E-state index in [1.54, 1.807) is 0 Å². The molecule has 0 amide bonds. The molecule has 0 atom stereocenters. The molecule has 0 spiro atoms. The fourth-order valence-electron chi connectivity index (χ4n) is 2.17. The molecule has 2 heterocycles. The zero-order chi connectivity index (χ0) is 12.4. The molecule has 3 rings (SSSR count). The minimum Gasteiger partial charge on any atom is -0.399 e. The Kier molecular flexibility index (Phi) is 2.73. The molecule has 3 heteroatoms. The van der Waals surface area contributed by atoms with E-state index in [1.165, 1.54) is 16.6 Å². The Hall–Kier alpha value is -2.29. The van der Waals surface area contributed by atoms with E-state index in [4.69, 9.17) is 5.73 Å². The number of H-pyrrole nitrogens is 1. The van der Waals surface area contributed by atoms with Gasteiger partial charge in [0.05, 0.1) is 0 Å². The molecule has 0 saturated heterocycles. The van der Waals surface area contributed by atoms with Crippen LogP contribution >= 0.6 is 0 Å². The number of aryl methyl sites for hydroxylation is 2. The summed E-state index contributed by atoms with van der Waals surface area (Å²) in [5.74, 6) is 0. The van der Waals surface area contributed by atoms with Gasteiger partial charge in [-0.05, 0) is 54.1 Å². The molecule has 18 heavy (non-hydrogen) atoms. The highest BCUT2D eigenvalue weighted by molar-refractivity contribution is 5.83. The highest BCUT2D eigenvalue weighted by Crippen LogP contribution is 2.19. The van der Waals surface area contributed by atoms with Crippen molar-refractivity contribution in [2.24, 2.45) is 0 Å². The number of nitrogens with zero attached hydrogens (tertiary/aromatic N) is 1. The zero-order valence-electron chi connectivity index (χ0n) is 10.1. The van der Waals surface area contributed by atoms with Gasteiger partial charge in [0, 0.05) is 29.3 Å². The third kappa shape index (κ3) is 2.20. The second-order valence-electron chi connectivity index (χ2n) is 4.50. The smallest absolute Gasteiger partial charge is 0.0476 e. The first-order chi connectivity index (χ1) is 8.81. The van der Waals surface area contributed by atoms with Gasteiger partial charge in [0.25, 0.3) is 0 Å². The fourth-order valence-corrected chi connectivity index (χ4v) is 2.17. The lowest BCUT2D eigenvalue weighted by atomic mass is 10.1. The average Bonchev–Trinajstić information content (AvgIpc) is 2.79. The van der Waals surface area contributed by atoms with Crippen LogP contribution in [0, 0.1) is 0 Å². The summed E-state index contributed by atoms with van der Waals surface area (Å²) in [6, 6.07) is 12.3. The molecule has 2 aromatic heterocycles. The van der Waals surface area contributed by atoms with E-state index in [0.717, 1.165) is 24.0 Å². The molecular formula is C15H15N3. The zero-order valence-corrected chi connectivity index (χ0v) is 10.1. The molecular weight excluding hydrogens is 222 g/mol. The maximum Gasteiger partial charge on any atom is 0.0476 e. The van der Waals surface area contributed by atoms with Crippen LogP contribution in [-0.4, -0.2) is 9.97 Å². The molecule has 1 aromatic carbocycles. The molecule has 0 aliphatic heterocycles. The number of anilines is 1. The maximum atomic E-state index is 5.77. The highest BCUT2D eigenvalue weighted by Gasteiger charge is 2.01. The van der Waals surface area contributed by atoms with E-state index in [-0.39, 0.29) is 0 Å². The number of rotatable bonds is 3. The number of nitrogen functional groups attached to an aromatic ring is 1. The van der Waals surface area contributed by atoms with Crippen LogP contribution in [0.2, 0.25) is 0 Å². The number of hydrogen-bond donors (Lipinski definition) is 2. The van der Waals surface area contributed by atoms with Gasteiger partial charge >= 0.3 is 0 Å². The van der Waals surface area contributed by atoms with Gasteiger partial charge in [-0.2, -0.15) is 0 Å². The predicted octanol–water partition coefficient (Wildman–Crippen LogP) is 2.93. The molecule has 0 radical (unpaired) electrons. The van der Waals surface area contributed by atoms with Crippen molar-refractivity contribution in [1.29, 1.82) is 0 Å². The third-order valence-electron chi connectivity index (χ3n) is 3.13. The number of aromatic nitrogens is 2.